The lowest BCUT2D eigenvalue weighted by Gasteiger charge is -2.14. The van der Waals surface area contributed by atoms with Gasteiger partial charge in [0.1, 0.15) is 10.8 Å². The van der Waals surface area contributed by atoms with Crippen LogP contribution in [0.2, 0.25) is 0 Å². The Bertz CT molecular complexity index is 1100. The molecule has 11 heteroatoms. The molecule has 0 unspecified atom stereocenters. The highest BCUT2D eigenvalue weighted by molar-refractivity contribution is 7.94. The minimum absolute atomic E-state index is 0.155. The summed E-state index contributed by atoms with van der Waals surface area (Å²) < 4.78 is 32.4. The molecule has 0 saturated carbocycles. The average Bonchev–Trinajstić information content (AvgIpc) is 3.28. The predicted octanol–water partition coefficient (Wildman–Crippen LogP) is 2.55. The zero-order chi connectivity index (χ0) is 19.4. The van der Waals surface area contributed by atoms with Crippen LogP contribution in [0.15, 0.2) is 50.1 Å². The molecule has 2 aromatic heterocycles. The van der Waals surface area contributed by atoms with Crippen LogP contribution in [-0.2, 0) is 19.6 Å². The number of carbonyl (C=O) groups excluding carboxylic acids is 1. The van der Waals surface area contributed by atoms with E-state index in [2.05, 4.69) is 15.0 Å². The van der Waals surface area contributed by atoms with E-state index in [1.54, 1.807) is 29.0 Å². The van der Waals surface area contributed by atoms with Gasteiger partial charge in [-0.1, -0.05) is 23.5 Å². The molecule has 3 aromatic rings. The summed E-state index contributed by atoms with van der Waals surface area (Å²) in [5.41, 5.74) is 1.65. The largest absolute Gasteiger partial charge is 0.375 e. The number of ether oxygens (including phenoxy) is 1. The summed E-state index contributed by atoms with van der Waals surface area (Å²) in [5, 5.41) is 5.93. The Kier molecular flexibility index (Phi) is 5.75. The number of aromatic nitrogens is 1. The summed E-state index contributed by atoms with van der Waals surface area (Å²) in [6.45, 7) is -0.184. The highest BCUT2D eigenvalue weighted by Crippen LogP contribution is 2.31. The lowest BCUT2D eigenvalue weighted by atomic mass is 10.1. The maximum Gasteiger partial charge on any atom is 0.304 e. The molecule has 0 aliphatic carbocycles. The number of sulfonamides is 1. The zero-order valence-electron chi connectivity index (χ0n) is 14.0. The monoisotopic (exact) mass is 425 g/mol. The molecule has 1 amide bonds. The SMILES string of the molecule is COCC(=O)Nc1cc(-c2csc(=O)[nH]2)ccc1NS(=O)(=O)c1cccs1. The minimum Gasteiger partial charge on any atom is -0.375 e. The average molecular weight is 426 g/mol. The van der Waals surface area contributed by atoms with Crippen LogP contribution in [0.4, 0.5) is 11.4 Å². The maximum absolute atomic E-state index is 12.5. The summed E-state index contributed by atoms with van der Waals surface area (Å²) in [6.07, 6.45) is 0. The maximum atomic E-state index is 12.5. The van der Waals surface area contributed by atoms with Crippen LogP contribution in [0.3, 0.4) is 0 Å². The standard InChI is InChI=1S/C16H15N3O5S3/c1-24-8-14(20)17-12-7-10(13-9-26-16(21)18-13)4-5-11(12)19-27(22,23)15-3-2-6-25-15/h2-7,9,19H,8H2,1H3,(H,17,20)(H,18,21). The molecule has 0 bridgehead atoms. The van der Waals surface area contributed by atoms with Crippen LogP contribution < -0.4 is 14.9 Å². The van der Waals surface area contributed by atoms with Crippen LogP contribution in [0, 0.1) is 0 Å². The fraction of sp³-hybridized carbons (Fsp3) is 0.125. The van der Waals surface area contributed by atoms with Gasteiger partial charge in [0, 0.05) is 18.1 Å². The second-order valence-corrected chi connectivity index (χ2v) is 9.04. The minimum atomic E-state index is -3.78. The van der Waals surface area contributed by atoms with Gasteiger partial charge in [-0.15, -0.1) is 11.3 Å². The molecule has 8 nitrogen and oxygen atoms in total. The number of hydrogen-bond donors (Lipinski definition) is 3. The van der Waals surface area contributed by atoms with E-state index in [4.69, 9.17) is 4.74 Å². The summed E-state index contributed by atoms with van der Waals surface area (Å²) in [4.78, 5) is 25.8. The lowest BCUT2D eigenvalue weighted by molar-refractivity contribution is -0.119. The Morgan fingerprint density at radius 1 is 1.22 bits per heavy atom. The topological polar surface area (TPSA) is 117 Å². The molecule has 0 fully saturated rings. The van der Waals surface area contributed by atoms with E-state index < -0.39 is 15.9 Å². The molecule has 0 spiro atoms. The second kappa shape index (κ2) is 8.05. The van der Waals surface area contributed by atoms with Crippen LogP contribution in [-0.4, -0.2) is 33.0 Å². The van der Waals surface area contributed by atoms with Gasteiger partial charge in [-0.2, -0.15) is 0 Å². The van der Waals surface area contributed by atoms with E-state index in [0.717, 1.165) is 22.7 Å². The van der Waals surface area contributed by atoms with Gasteiger partial charge < -0.3 is 15.0 Å². The Hall–Kier alpha value is -2.47. The first-order valence-corrected chi connectivity index (χ1v) is 10.8. The van der Waals surface area contributed by atoms with Crippen molar-refractivity contribution in [2.24, 2.45) is 0 Å². The number of H-pyrrole nitrogens is 1. The van der Waals surface area contributed by atoms with E-state index >= 15 is 0 Å². The fourth-order valence-electron chi connectivity index (χ4n) is 2.25. The molecule has 142 valence electrons. The van der Waals surface area contributed by atoms with Gasteiger partial charge in [0.15, 0.2) is 0 Å². The Balaban J connectivity index is 1.98. The van der Waals surface area contributed by atoms with Crippen molar-refractivity contribution >= 4 is 50.0 Å². The number of thiophene rings is 1. The Labute approximate surface area is 162 Å². The number of nitrogens with one attached hydrogen (secondary N) is 3. The molecule has 0 saturated heterocycles. The molecule has 0 radical (unpaired) electrons. The summed E-state index contributed by atoms with van der Waals surface area (Å²) in [5.74, 6) is -0.440. The van der Waals surface area contributed by atoms with Gasteiger partial charge in [0.05, 0.1) is 17.1 Å². The third-order valence-electron chi connectivity index (χ3n) is 3.40. The Morgan fingerprint density at radius 2 is 2.04 bits per heavy atom. The van der Waals surface area contributed by atoms with E-state index in [9.17, 15) is 18.0 Å². The van der Waals surface area contributed by atoms with Gasteiger partial charge in [-0.25, -0.2) is 8.42 Å². The Morgan fingerprint density at radius 3 is 2.67 bits per heavy atom. The number of carbonyl (C=O) groups is 1. The highest BCUT2D eigenvalue weighted by atomic mass is 32.2. The van der Waals surface area contributed by atoms with Gasteiger partial charge in [-0.05, 0) is 23.6 Å². The number of aromatic amines is 1. The van der Waals surface area contributed by atoms with Crippen molar-refractivity contribution in [3.8, 4) is 11.3 Å². The first-order valence-electron chi connectivity index (χ1n) is 7.56. The van der Waals surface area contributed by atoms with Crippen molar-refractivity contribution < 1.29 is 17.9 Å². The lowest BCUT2D eigenvalue weighted by Crippen LogP contribution is -2.19. The summed E-state index contributed by atoms with van der Waals surface area (Å²) in [6, 6.07) is 7.88. The molecule has 0 aliphatic rings. The van der Waals surface area contributed by atoms with E-state index in [0.29, 0.717) is 11.3 Å². The van der Waals surface area contributed by atoms with Crippen molar-refractivity contribution in [1.82, 2.24) is 4.98 Å². The van der Waals surface area contributed by atoms with E-state index in [1.165, 1.54) is 19.2 Å². The molecule has 1 aromatic carbocycles. The van der Waals surface area contributed by atoms with Gasteiger partial charge >= 0.3 is 4.87 Å². The second-order valence-electron chi connectivity index (χ2n) is 5.34. The molecule has 3 rings (SSSR count). The molecule has 0 atom stereocenters. The molecular weight excluding hydrogens is 410 g/mol. The number of benzene rings is 1. The fourth-order valence-corrected chi connectivity index (χ4v) is 4.92. The number of thiazole rings is 1. The van der Waals surface area contributed by atoms with Crippen molar-refractivity contribution in [2.75, 3.05) is 23.8 Å². The van der Waals surface area contributed by atoms with E-state index in [-0.39, 0.29) is 27.1 Å². The molecular formula is C16H15N3O5S3. The molecule has 27 heavy (non-hydrogen) atoms. The smallest absolute Gasteiger partial charge is 0.304 e. The van der Waals surface area contributed by atoms with Crippen LogP contribution in [0.1, 0.15) is 0 Å². The number of anilines is 2. The first-order chi connectivity index (χ1) is 12.9. The van der Waals surface area contributed by atoms with Gasteiger partial charge in [0.2, 0.25) is 5.91 Å². The normalized spacial score (nSPS) is 11.3. The highest BCUT2D eigenvalue weighted by Gasteiger charge is 2.18. The molecule has 2 heterocycles. The van der Waals surface area contributed by atoms with Crippen LogP contribution in [0.5, 0.6) is 0 Å². The van der Waals surface area contributed by atoms with Crippen molar-refractivity contribution in [2.45, 2.75) is 4.21 Å². The molecule has 3 N–H and O–H groups in total. The number of hydrogen-bond acceptors (Lipinski definition) is 7. The van der Waals surface area contributed by atoms with Crippen molar-refractivity contribution in [3.63, 3.8) is 0 Å². The molecule has 0 aliphatic heterocycles. The van der Waals surface area contributed by atoms with Crippen molar-refractivity contribution in [1.29, 1.82) is 0 Å². The van der Waals surface area contributed by atoms with Gasteiger partial charge in [0.25, 0.3) is 10.0 Å². The number of amides is 1. The van der Waals surface area contributed by atoms with E-state index in [1.807, 2.05) is 0 Å². The van der Waals surface area contributed by atoms with Crippen molar-refractivity contribution in [3.05, 3.63) is 50.8 Å². The summed E-state index contributed by atoms with van der Waals surface area (Å²) in [7, 11) is -2.40. The third kappa shape index (κ3) is 4.63. The zero-order valence-corrected chi connectivity index (χ0v) is 16.5. The predicted molar refractivity (Wildman–Crippen MR) is 106 cm³/mol. The first kappa shape index (κ1) is 19.3. The van der Waals surface area contributed by atoms with Crippen LogP contribution in [0.25, 0.3) is 11.3 Å². The third-order valence-corrected chi connectivity index (χ3v) is 6.84. The van der Waals surface area contributed by atoms with Crippen LogP contribution >= 0.6 is 22.7 Å². The van der Waals surface area contributed by atoms with Gasteiger partial charge in [-0.3, -0.25) is 14.3 Å². The number of rotatable bonds is 7. The summed E-state index contributed by atoms with van der Waals surface area (Å²) >= 11 is 2.09. The quantitative estimate of drug-likeness (QED) is 0.538. The number of methoxy groups -OCH3 is 1.